The number of hydrogen-bond donors (Lipinski definition) is 0. The lowest BCUT2D eigenvalue weighted by Gasteiger charge is -2.44. The van der Waals surface area contributed by atoms with Crippen molar-refractivity contribution in [2.45, 2.75) is 105 Å². The third-order valence-electron chi connectivity index (χ3n) is 14.9. The normalized spacial score (nSPS) is 20.4. The molecule has 0 fully saturated rings. The first-order valence-corrected chi connectivity index (χ1v) is 17.9. The number of fused-ring (bicyclic) bond motifs is 6. The monoisotopic (exact) mass is 646 g/mol. The van der Waals surface area contributed by atoms with Crippen LogP contribution in [0.3, 0.4) is 0 Å². The maximum Gasteiger partial charge on any atom is 0.238 e. The second-order valence-corrected chi connectivity index (χ2v) is 17.9. The molecule has 6 aromatic rings. The van der Waals surface area contributed by atoms with Crippen LogP contribution >= 0.6 is 0 Å². The van der Waals surface area contributed by atoms with Crippen LogP contribution in [0.2, 0.25) is 0 Å². The molecule has 0 bridgehead atoms. The number of aromatic nitrogens is 4. The van der Waals surface area contributed by atoms with Crippen LogP contribution < -0.4 is 0 Å². The molecule has 250 valence electrons. The first-order valence-electron chi connectivity index (χ1n) is 17.9. The van der Waals surface area contributed by atoms with Gasteiger partial charge in [-0.2, -0.15) is 9.97 Å². The molecule has 0 atom stereocenters. The molecule has 0 aliphatic heterocycles. The van der Waals surface area contributed by atoms with Gasteiger partial charge in [-0.15, -0.1) is 0 Å². The molecule has 0 N–H and O–H groups in total. The van der Waals surface area contributed by atoms with E-state index in [1.165, 1.54) is 33.0 Å². The Bertz CT molecular complexity index is 2260. The van der Waals surface area contributed by atoms with Crippen LogP contribution in [-0.4, -0.2) is 19.5 Å². The fraction of sp³-hybridized carbons (Fsp3) is 0.400. The van der Waals surface area contributed by atoms with E-state index in [9.17, 15) is 0 Å². The zero-order valence-electron chi connectivity index (χ0n) is 31.4. The number of hydrogen-bond acceptors (Lipinski definition) is 3. The summed E-state index contributed by atoms with van der Waals surface area (Å²) in [5.74, 6) is 2.00. The summed E-state index contributed by atoms with van der Waals surface area (Å²) in [7, 11) is 0. The highest BCUT2D eigenvalue weighted by atomic mass is 15.2. The highest BCUT2D eigenvalue weighted by Gasteiger charge is 2.59. The lowest BCUT2D eigenvalue weighted by molar-refractivity contribution is 0.125. The van der Waals surface area contributed by atoms with Gasteiger partial charge in [-0.25, -0.2) is 4.98 Å². The van der Waals surface area contributed by atoms with E-state index in [0.29, 0.717) is 17.6 Å². The van der Waals surface area contributed by atoms with E-state index in [1.54, 1.807) is 0 Å². The van der Waals surface area contributed by atoms with E-state index in [1.807, 2.05) is 36.4 Å². The molecule has 0 amide bonds. The van der Waals surface area contributed by atoms with Crippen molar-refractivity contribution in [3.05, 3.63) is 107 Å². The summed E-state index contributed by atoms with van der Waals surface area (Å²) < 4.78 is 2.34. The molecule has 2 aromatic heterocycles. The Kier molecular flexibility index (Phi) is 6.31. The summed E-state index contributed by atoms with van der Waals surface area (Å²) in [6, 6.07) is 30.4. The van der Waals surface area contributed by atoms with E-state index in [4.69, 9.17) is 15.0 Å². The Labute approximate surface area is 292 Å². The average molecular weight is 647 g/mol. The zero-order chi connectivity index (χ0) is 35.1. The molecule has 4 heteroatoms. The molecule has 49 heavy (non-hydrogen) atoms. The first-order chi connectivity index (χ1) is 22.9. The van der Waals surface area contributed by atoms with Gasteiger partial charge in [0.2, 0.25) is 5.95 Å². The van der Waals surface area contributed by atoms with Crippen molar-refractivity contribution in [2.75, 3.05) is 0 Å². The summed E-state index contributed by atoms with van der Waals surface area (Å²) >= 11 is 0. The van der Waals surface area contributed by atoms with Crippen molar-refractivity contribution >= 4 is 21.8 Å². The largest absolute Gasteiger partial charge is 0.278 e. The maximum absolute atomic E-state index is 5.29. The smallest absolute Gasteiger partial charge is 0.238 e. The molecule has 2 aliphatic rings. The standard InChI is InChI=1S/C45H50N4/c1-40(2)30-23-24-33-35(36(30)43(7,8)45(40,11)12)29-25-31-32(42(5,6)44(9,10)41(31,3)4)26-34(29)49(33)39-47-37(27-19-15-13-16-20-27)46-38(48-39)28-21-17-14-18-22-28/h13-26H,1-12H3. The summed E-state index contributed by atoms with van der Waals surface area (Å²) in [5, 5.41) is 2.62. The second kappa shape index (κ2) is 9.68. The molecule has 0 saturated carbocycles. The van der Waals surface area contributed by atoms with E-state index < -0.39 is 0 Å². The van der Waals surface area contributed by atoms with Crippen LogP contribution in [0.15, 0.2) is 84.9 Å². The third-order valence-corrected chi connectivity index (χ3v) is 14.9. The van der Waals surface area contributed by atoms with Gasteiger partial charge in [-0.3, -0.25) is 4.57 Å². The Morgan fingerprint density at radius 3 is 1.45 bits per heavy atom. The van der Waals surface area contributed by atoms with Crippen molar-refractivity contribution in [2.24, 2.45) is 10.8 Å². The minimum atomic E-state index is -0.0823. The minimum absolute atomic E-state index is 0.0114. The molecule has 4 nitrogen and oxygen atoms in total. The van der Waals surface area contributed by atoms with Crippen LogP contribution in [0.5, 0.6) is 0 Å². The fourth-order valence-electron chi connectivity index (χ4n) is 9.36. The minimum Gasteiger partial charge on any atom is -0.278 e. The van der Waals surface area contributed by atoms with Gasteiger partial charge >= 0.3 is 0 Å². The Hall–Kier alpha value is -4.31. The topological polar surface area (TPSA) is 43.6 Å². The Morgan fingerprint density at radius 2 is 0.918 bits per heavy atom. The Morgan fingerprint density at radius 1 is 0.449 bits per heavy atom. The molecule has 0 unspecified atom stereocenters. The highest BCUT2D eigenvalue weighted by Crippen LogP contribution is 2.65. The SMILES string of the molecule is CC1(C)c2cc3c4c5c(ccc4n(-c4nc(-c6ccccc6)nc(-c6ccccc6)n4)c3cc2C(C)(C)C1(C)C)C(C)(C)C(C)(C)C5(C)C. The lowest BCUT2D eigenvalue weighted by atomic mass is 9.59. The van der Waals surface area contributed by atoms with Gasteiger partial charge in [-0.05, 0) is 72.9 Å². The van der Waals surface area contributed by atoms with Crippen molar-refractivity contribution in [1.82, 2.24) is 19.5 Å². The van der Waals surface area contributed by atoms with Gasteiger partial charge in [0, 0.05) is 21.9 Å². The van der Waals surface area contributed by atoms with Crippen molar-refractivity contribution in [1.29, 1.82) is 0 Å². The van der Waals surface area contributed by atoms with E-state index >= 15 is 0 Å². The van der Waals surface area contributed by atoms with Crippen LogP contribution in [-0.2, 0) is 21.7 Å². The van der Waals surface area contributed by atoms with Crippen molar-refractivity contribution in [3.8, 4) is 28.7 Å². The number of benzene rings is 4. The quantitative estimate of drug-likeness (QED) is 0.192. The molecule has 4 aromatic carbocycles. The predicted octanol–water partition coefficient (Wildman–Crippen LogP) is 11.5. The molecule has 2 heterocycles. The molecule has 0 radical (unpaired) electrons. The van der Waals surface area contributed by atoms with Crippen LogP contribution in [0.25, 0.3) is 50.5 Å². The summed E-state index contributed by atoms with van der Waals surface area (Å²) in [6.45, 7) is 29.3. The maximum atomic E-state index is 5.29. The van der Waals surface area contributed by atoms with Gasteiger partial charge in [0.25, 0.3) is 0 Å². The number of nitrogens with zero attached hydrogens (tertiary/aromatic N) is 4. The molecule has 0 spiro atoms. The van der Waals surface area contributed by atoms with Gasteiger partial charge in [0.1, 0.15) is 0 Å². The van der Waals surface area contributed by atoms with Gasteiger partial charge in [0.15, 0.2) is 11.6 Å². The Balaban J connectivity index is 1.56. The highest BCUT2D eigenvalue weighted by molar-refractivity contribution is 6.12. The van der Waals surface area contributed by atoms with Crippen molar-refractivity contribution < 1.29 is 0 Å². The molecule has 8 rings (SSSR count). The van der Waals surface area contributed by atoms with Crippen LogP contribution in [0.4, 0.5) is 0 Å². The van der Waals surface area contributed by atoms with Crippen molar-refractivity contribution in [3.63, 3.8) is 0 Å². The third kappa shape index (κ3) is 3.84. The molecule has 2 aliphatic carbocycles. The molecular weight excluding hydrogens is 597 g/mol. The van der Waals surface area contributed by atoms with E-state index in [2.05, 4.69) is 136 Å². The van der Waals surface area contributed by atoms with Crippen LogP contribution in [0, 0.1) is 10.8 Å². The van der Waals surface area contributed by atoms with Gasteiger partial charge < -0.3 is 0 Å². The zero-order valence-corrected chi connectivity index (χ0v) is 31.4. The lowest BCUT2D eigenvalue weighted by Crippen LogP contribution is -2.42. The average Bonchev–Trinajstić information content (AvgIpc) is 3.49. The first kappa shape index (κ1) is 31.9. The van der Waals surface area contributed by atoms with E-state index in [0.717, 1.165) is 22.2 Å². The van der Waals surface area contributed by atoms with E-state index in [-0.39, 0.29) is 32.5 Å². The summed E-state index contributed by atoms with van der Waals surface area (Å²) in [6.07, 6.45) is 0. The van der Waals surface area contributed by atoms with Gasteiger partial charge in [-0.1, -0.05) is 150 Å². The second-order valence-electron chi connectivity index (χ2n) is 17.9. The molecular formula is C45H50N4. The summed E-state index contributed by atoms with van der Waals surface area (Å²) in [5.41, 5.74) is 9.93. The summed E-state index contributed by atoms with van der Waals surface area (Å²) in [4.78, 5) is 15.6. The number of rotatable bonds is 3. The van der Waals surface area contributed by atoms with Crippen LogP contribution in [0.1, 0.15) is 105 Å². The fourth-order valence-corrected chi connectivity index (χ4v) is 9.36. The van der Waals surface area contributed by atoms with Gasteiger partial charge in [0.05, 0.1) is 11.0 Å². The molecule has 0 saturated heterocycles. The predicted molar refractivity (Wildman–Crippen MR) is 205 cm³/mol.